The smallest absolute Gasteiger partial charge is 0.182 e. The SMILES string of the molecule is Br.O=C(CN1C=CN(CC(=O)c2ccccc2)C1)c1ccccc1. The number of nitrogens with zero attached hydrogens (tertiary/aromatic N) is 2. The van der Waals surface area contributed by atoms with Gasteiger partial charge in [0.1, 0.15) is 0 Å². The average Bonchev–Trinajstić information content (AvgIpc) is 3.03. The van der Waals surface area contributed by atoms with E-state index in [-0.39, 0.29) is 28.5 Å². The predicted octanol–water partition coefficient (Wildman–Crippen LogP) is 3.38. The van der Waals surface area contributed by atoms with Crippen molar-refractivity contribution in [3.05, 3.63) is 84.2 Å². The molecule has 0 radical (unpaired) electrons. The molecule has 24 heavy (non-hydrogen) atoms. The van der Waals surface area contributed by atoms with Gasteiger partial charge in [-0.1, -0.05) is 60.7 Å². The predicted molar refractivity (Wildman–Crippen MR) is 99.3 cm³/mol. The molecule has 0 fully saturated rings. The largest absolute Gasteiger partial charge is 0.351 e. The first-order valence-electron chi connectivity index (χ1n) is 7.55. The molecule has 0 saturated carbocycles. The van der Waals surface area contributed by atoms with Crippen LogP contribution in [0.3, 0.4) is 0 Å². The Morgan fingerprint density at radius 2 is 1.08 bits per heavy atom. The maximum atomic E-state index is 12.2. The second-order valence-corrected chi connectivity index (χ2v) is 5.51. The fourth-order valence-electron chi connectivity index (χ4n) is 2.52. The number of hydrogen-bond donors (Lipinski definition) is 0. The summed E-state index contributed by atoms with van der Waals surface area (Å²) in [4.78, 5) is 28.2. The van der Waals surface area contributed by atoms with E-state index < -0.39 is 0 Å². The van der Waals surface area contributed by atoms with Crippen LogP contribution in [0.5, 0.6) is 0 Å². The van der Waals surface area contributed by atoms with Crippen LogP contribution in [-0.2, 0) is 0 Å². The molecule has 1 aliphatic rings. The lowest BCUT2D eigenvalue weighted by molar-refractivity contribution is 0.0921. The number of benzene rings is 2. The number of carbonyl (C=O) groups is 2. The zero-order chi connectivity index (χ0) is 16.1. The average molecular weight is 387 g/mol. The van der Waals surface area contributed by atoms with E-state index in [1.165, 1.54) is 0 Å². The van der Waals surface area contributed by atoms with Crippen LogP contribution in [0.15, 0.2) is 73.1 Å². The molecule has 2 aromatic rings. The molecular weight excluding hydrogens is 368 g/mol. The zero-order valence-corrected chi connectivity index (χ0v) is 14.9. The van der Waals surface area contributed by atoms with Crippen molar-refractivity contribution < 1.29 is 9.59 Å². The van der Waals surface area contributed by atoms with E-state index in [0.29, 0.717) is 30.9 Å². The molecule has 0 N–H and O–H groups in total. The Balaban J connectivity index is 0.00000208. The van der Waals surface area contributed by atoms with Gasteiger partial charge in [0.05, 0.1) is 19.8 Å². The summed E-state index contributed by atoms with van der Waals surface area (Å²) in [6.07, 6.45) is 3.72. The molecule has 0 amide bonds. The zero-order valence-electron chi connectivity index (χ0n) is 13.2. The molecule has 0 spiro atoms. The van der Waals surface area contributed by atoms with Crippen LogP contribution >= 0.6 is 17.0 Å². The molecular formula is C19H19BrN2O2. The van der Waals surface area contributed by atoms with Crippen molar-refractivity contribution in [3.8, 4) is 0 Å². The van der Waals surface area contributed by atoms with Gasteiger partial charge in [0, 0.05) is 23.5 Å². The van der Waals surface area contributed by atoms with E-state index in [1.807, 2.05) is 82.9 Å². The summed E-state index contributed by atoms with van der Waals surface area (Å²) in [6.45, 7) is 1.18. The second kappa shape index (κ2) is 8.45. The molecule has 0 atom stereocenters. The van der Waals surface area contributed by atoms with Crippen molar-refractivity contribution in [1.29, 1.82) is 0 Å². The molecule has 2 aromatic carbocycles. The molecule has 0 bridgehead atoms. The van der Waals surface area contributed by atoms with E-state index in [0.717, 1.165) is 0 Å². The van der Waals surface area contributed by atoms with Crippen molar-refractivity contribution in [2.75, 3.05) is 19.8 Å². The molecule has 1 heterocycles. The van der Waals surface area contributed by atoms with E-state index in [9.17, 15) is 9.59 Å². The van der Waals surface area contributed by atoms with Gasteiger partial charge in [-0.05, 0) is 0 Å². The van der Waals surface area contributed by atoms with Crippen LogP contribution in [0.2, 0.25) is 0 Å². The summed E-state index contributed by atoms with van der Waals surface area (Å²) in [6, 6.07) is 18.5. The van der Waals surface area contributed by atoms with Gasteiger partial charge in [-0.2, -0.15) is 0 Å². The van der Waals surface area contributed by atoms with Crippen LogP contribution in [0.1, 0.15) is 20.7 Å². The molecule has 3 rings (SSSR count). The van der Waals surface area contributed by atoms with Crippen LogP contribution in [0.25, 0.3) is 0 Å². The standard InChI is InChI=1S/C19H18N2O2.BrH/c22-18(16-7-3-1-4-8-16)13-20-11-12-21(15-20)14-19(23)17-9-5-2-6-10-17;/h1-12H,13-15H2;1H. The van der Waals surface area contributed by atoms with Gasteiger partial charge in [-0.25, -0.2) is 0 Å². The third-order valence-corrected chi connectivity index (χ3v) is 3.74. The lowest BCUT2D eigenvalue weighted by atomic mass is 10.1. The summed E-state index contributed by atoms with van der Waals surface area (Å²) < 4.78 is 0. The highest BCUT2D eigenvalue weighted by Gasteiger charge is 2.18. The Hall–Kier alpha value is -2.40. The topological polar surface area (TPSA) is 40.6 Å². The third kappa shape index (κ3) is 4.55. The van der Waals surface area contributed by atoms with Crippen molar-refractivity contribution >= 4 is 28.5 Å². The van der Waals surface area contributed by atoms with Gasteiger partial charge in [0.15, 0.2) is 11.6 Å². The molecule has 0 aromatic heterocycles. The van der Waals surface area contributed by atoms with Crippen LogP contribution < -0.4 is 0 Å². The van der Waals surface area contributed by atoms with Crippen LogP contribution in [0, 0.1) is 0 Å². The lowest BCUT2D eigenvalue weighted by Gasteiger charge is -2.20. The molecule has 0 unspecified atom stereocenters. The third-order valence-electron chi connectivity index (χ3n) is 3.74. The highest BCUT2D eigenvalue weighted by Crippen LogP contribution is 2.10. The van der Waals surface area contributed by atoms with E-state index in [2.05, 4.69) is 0 Å². The Morgan fingerprint density at radius 1 is 0.708 bits per heavy atom. The summed E-state index contributed by atoms with van der Waals surface area (Å²) in [5.74, 6) is 0.151. The van der Waals surface area contributed by atoms with Gasteiger partial charge in [-0.15, -0.1) is 17.0 Å². The number of carbonyl (C=O) groups excluding carboxylic acids is 2. The van der Waals surface area contributed by atoms with Gasteiger partial charge >= 0.3 is 0 Å². The van der Waals surface area contributed by atoms with Crippen molar-refractivity contribution in [2.45, 2.75) is 0 Å². The Bertz CT molecular complexity index is 655. The Labute approximate surface area is 152 Å². The fourth-order valence-corrected chi connectivity index (χ4v) is 2.52. The number of ketones is 2. The van der Waals surface area contributed by atoms with Gasteiger partial charge in [-0.3, -0.25) is 9.59 Å². The number of halogens is 1. The van der Waals surface area contributed by atoms with Crippen molar-refractivity contribution in [2.24, 2.45) is 0 Å². The second-order valence-electron chi connectivity index (χ2n) is 5.51. The Morgan fingerprint density at radius 3 is 1.46 bits per heavy atom. The molecule has 0 saturated heterocycles. The van der Waals surface area contributed by atoms with Gasteiger partial charge < -0.3 is 9.80 Å². The van der Waals surface area contributed by atoms with E-state index in [1.54, 1.807) is 0 Å². The monoisotopic (exact) mass is 386 g/mol. The molecule has 4 nitrogen and oxygen atoms in total. The van der Waals surface area contributed by atoms with Crippen molar-refractivity contribution in [1.82, 2.24) is 9.80 Å². The van der Waals surface area contributed by atoms with Gasteiger partial charge in [0.2, 0.25) is 0 Å². The summed E-state index contributed by atoms with van der Waals surface area (Å²) in [5, 5.41) is 0. The Kier molecular flexibility index (Phi) is 6.32. The first-order chi connectivity index (χ1) is 11.2. The summed E-state index contributed by atoms with van der Waals surface area (Å²) in [5.41, 5.74) is 1.42. The number of rotatable bonds is 6. The van der Waals surface area contributed by atoms with Crippen LogP contribution in [-0.4, -0.2) is 41.1 Å². The molecule has 0 aliphatic carbocycles. The number of hydrogen-bond acceptors (Lipinski definition) is 4. The van der Waals surface area contributed by atoms with Crippen molar-refractivity contribution in [3.63, 3.8) is 0 Å². The normalized spacial score (nSPS) is 12.8. The maximum absolute atomic E-state index is 12.2. The lowest BCUT2D eigenvalue weighted by Crippen LogP contribution is -2.32. The minimum atomic E-state index is 0. The maximum Gasteiger partial charge on any atom is 0.182 e. The first kappa shape index (κ1) is 17.9. The van der Waals surface area contributed by atoms with E-state index >= 15 is 0 Å². The first-order valence-corrected chi connectivity index (χ1v) is 7.55. The minimum absolute atomic E-state index is 0. The summed E-state index contributed by atoms with van der Waals surface area (Å²) >= 11 is 0. The van der Waals surface area contributed by atoms with E-state index in [4.69, 9.17) is 0 Å². The van der Waals surface area contributed by atoms with Crippen LogP contribution in [0.4, 0.5) is 0 Å². The quantitative estimate of drug-likeness (QED) is 0.713. The fraction of sp³-hybridized carbons (Fsp3) is 0.158. The molecule has 1 aliphatic heterocycles. The highest BCUT2D eigenvalue weighted by atomic mass is 79.9. The highest BCUT2D eigenvalue weighted by molar-refractivity contribution is 8.93. The molecule has 124 valence electrons. The number of Topliss-reactive ketones (excluding diaryl/α,β-unsaturated/α-hetero) is 2. The molecule has 5 heteroatoms. The van der Waals surface area contributed by atoms with Gasteiger partial charge in [0.25, 0.3) is 0 Å². The summed E-state index contributed by atoms with van der Waals surface area (Å²) in [7, 11) is 0. The minimum Gasteiger partial charge on any atom is -0.351 e.